The third-order valence-electron chi connectivity index (χ3n) is 9.94. The number of methoxy groups -OCH3 is 1. The maximum absolute atomic E-state index is 14.3. The van der Waals surface area contributed by atoms with Gasteiger partial charge in [0.15, 0.2) is 5.54 Å². The molecule has 1 aromatic heterocycles. The van der Waals surface area contributed by atoms with Gasteiger partial charge < -0.3 is 19.1 Å². The predicted molar refractivity (Wildman–Crippen MR) is 178 cm³/mol. The van der Waals surface area contributed by atoms with Gasteiger partial charge in [-0.1, -0.05) is 72.8 Å². The van der Waals surface area contributed by atoms with Gasteiger partial charge in [0, 0.05) is 50.8 Å². The van der Waals surface area contributed by atoms with Crippen LogP contribution in [0.1, 0.15) is 49.1 Å². The molecule has 1 saturated heterocycles. The zero-order valence-electron chi connectivity index (χ0n) is 26.7. The summed E-state index contributed by atoms with van der Waals surface area (Å²) in [6.45, 7) is 0.801. The molecule has 5 aromatic rings. The van der Waals surface area contributed by atoms with Crippen molar-refractivity contribution in [2.24, 2.45) is 5.92 Å². The molecule has 0 bridgehead atoms. The number of esters is 1. The third kappa shape index (κ3) is 4.99. The monoisotopic (exact) mass is 629 g/mol. The number of likely N-dealkylation sites (tertiary alicyclic amines) is 1. The second kappa shape index (κ2) is 11.8. The van der Waals surface area contributed by atoms with Crippen molar-refractivity contribution in [2.75, 3.05) is 27.7 Å². The van der Waals surface area contributed by atoms with E-state index in [0.717, 1.165) is 27.6 Å². The molecule has 8 heteroatoms. The molecule has 0 radical (unpaired) electrons. The highest BCUT2D eigenvalue weighted by Gasteiger charge is 2.64. The minimum atomic E-state index is -1.43. The molecule has 2 amide bonds. The van der Waals surface area contributed by atoms with E-state index < -0.39 is 17.4 Å². The fourth-order valence-electron chi connectivity index (χ4n) is 7.90. The molecular weight excluding hydrogens is 593 g/mol. The van der Waals surface area contributed by atoms with Gasteiger partial charge in [0.05, 0.1) is 7.11 Å². The summed E-state index contributed by atoms with van der Waals surface area (Å²) in [5.74, 6) is -1.89. The van der Waals surface area contributed by atoms with Crippen molar-refractivity contribution < 1.29 is 23.5 Å². The van der Waals surface area contributed by atoms with Crippen molar-refractivity contribution in [3.05, 3.63) is 143 Å². The number of nitrogens with zero attached hydrogens (tertiary/aromatic N) is 3. The van der Waals surface area contributed by atoms with E-state index in [1.807, 2.05) is 30.3 Å². The number of fused-ring (bicyclic) bond motifs is 4. The highest BCUT2D eigenvalue weighted by Crippen LogP contribution is 2.55. The summed E-state index contributed by atoms with van der Waals surface area (Å²) in [5.41, 5.74) is 3.21. The molecular formula is C39H36FN3O4. The lowest BCUT2D eigenvalue weighted by atomic mass is 9.75. The van der Waals surface area contributed by atoms with Crippen LogP contribution >= 0.6 is 0 Å². The Morgan fingerprint density at radius 2 is 1.62 bits per heavy atom. The minimum absolute atomic E-state index is 0.102. The molecule has 3 atom stereocenters. The molecule has 7 rings (SSSR count). The van der Waals surface area contributed by atoms with Gasteiger partial charge in [0.25, 0.3) is 11.8 Å². The summed E-state index contributed by atoms with van der Waals surface area (Å²) in [6.07, 6.45) is 0.705. The van der Waals surface area contributed by atoms with Gasteiger partial charge in [-0.15, -0.1) is 0 Å². The van der Waals surface area contributed by atoms with Crippen LogP contribution in [0, 0.1) is 11.7 Å². The summed E-state index contributed by atoms with van der Waals surface area (Å²) in [5, 5.41) is 2.23. The molecule has 0 N–H and O–H groups in total. The summed E-state index contributed by atoms with van der Waals surface area (Å²) in [6, 6.07) is 31.3. The van der Waals surface area contributed by atoms with Crippen LogP contribution in [-0.2, 0) is 28.9 Å². The summed E-state index contributed by atoms with van der Waals surface area (Å²) in [4.78, 5) is 45.6. The maximum atomic E-state index is 14.3. The van der Waals surface area contributed by atoms with Crippen molar-refractivity contribution >= 4 is 28.6 Å². The molecule has 7 nitrogen and oxygen atoms in total. The zero-order valence-corrected chi connectivity index (χ0v) is 26.7. The lowest BCUT2D eigenvalue weighted by molar-refractivity contribution is -0.153. The SMILES string of the molecule is COC(=O)[C@@]1(Cc2ccc(F)cc2)[C@H]2c3cc(C(=O)N(C)C)n(Cc4cccc5ccccc45)c3C[C@H]2CN1C(=O)c1ccccc1. The Hall–Kier alpha value is -5.24. The van der Waals surface area contributed by atoms with E-state index in [9.17, 15) is 18.8 Å². The standard InChI is InChI=1S/C39H36FN3O4/c1-41(2)37(45)34-21-32-33(42(34)23-28-14-9-13-26-10-7-8-15-31(26)28)20-29-24-43(36(44)27-11-5-4-6-12-27)39(35(29)32,38(46)47-3)22-25-16-18-30(40)19-17-25/h4-19,21,29,35H,20,22-24H2,1-3H3/t29-,35+,39+/m0/s1. The average Bonchev–Trinajstić information content (AvgIpc) is 3.73. The first kappa shape index (κ1) is 30.4. The third-order valence-corrected chi connectivity index (χ3v) is 9.94. The Kier molecular flexibility index (Phi) is 7.66. The van der Waals surface area contributed by atoms with E-state index in [1.165, 1.54) is 19.2 Å². The molecule has 1 fully saturated rings. The second-order valence-corrected chi connectivity index (χ2v) is 12.8. The first-order valence-corrected chi connectivity index (χ1v) is 15.8. The number of carbonyl (C=O) groups is 3. The van der Waals surface area contributed by atoms with E-state index >= 15 is 0 Å². The minimum Gasteiger partial charge on any atom is -0.467 e. The molecule has 1 aliphatic heterocycles. The van der Waals surface area contributed by atoms with Gasteiger partial charge in [0.2, 0.25) is 0 Å². The number of ether oxygens (including phenoxy) is 1. The lowest BCUT2D eigenvalue weighted by Crippen LogP contribution is -2.58. The molecule has 0 spiro atoms. The Morgan fingerprint density at radius 1 is 0.915 bits per heavy atom. The van der Waals surface area contributed by atoms with Crippen LogP contribution in [0.15, 0.2) is 103 Å². The van der Waals surface area contributed by atoms with Gasteiger partial charge in [-0.3, -0.25) is 9.59 Å². The highest BCUT2D eigenvalue weighted by molar-refractivity contribution is 6.00. The quantitative estimate of drug-likeness (QED) is 0.204. The number of rotatable bonds is 7. The Balaban J connectivity index is 1.42. The molecule has 0 saturated carbocycles. The van der Waals surface area contributed by atoms with Crippen molar-refractivity contribution in [2.45, 2.75) is 30.8 Å². The largest absolute Gasteiger partial charge is 0.467 e. The van der Waals surface area contributed by atoms with Gasteiger partial charge in [-0.25, -0.2) is 9.18 Å². The molecule has 2 aliphatic rings. The first-order valence-electron chi connectivity index (χ1n) is 15.8. The predicted octanol–water partition coefficient (Wildman–Crippen LogP) is 6.10. The molecule has 1 aliphatic carbocycles. The summed E-state index contributed by atoms with van der Waals surface area (Å²) >= 11 is 0. The molecule has 238 valence electrons. The van der Waals surface area contributed by atoms with Gasteiger partial charge in [-0.05, 0) is 70.1 Å². The van der Waals surface area contributed by atoms with E-state index in [4.69, 9.17) is 4.74 Å². The normalized spacial score (nSPS) is 19.8. The van der Waals surface area contributed by atoms with E-state index in [1.54, 1.807) is 60.3 Å². The van der Waals surface area contributed by atoms with E-state index in [0.29, 0.717) is 36.3 Å². The van der Waals surface area contributed by atoms with Crippen molar-refractivity contribution in [3.63, 3.8) is 0 Å². The number of aromatic nitrogens is 1. The van der Waals surface area contributed by atoms with Crippen molar-refractivity contribution in [1.29, 1.82) is 0 Å². The van der Waals surface area contributed by atoms with E-state index in [2.05, 4.69) is 28.8 Å². The lowest BCUT2D eigenvalue weighted by Gasteiger charge is -2.40. The van der Waals surface area contributed by atoms with Gasteiger partial charge in [0.1, 0.15) is 11.5 Å². The Morgan fingerprint density at radius 3 is 2.34 bits per heavy atom. The van der Waals surface area contributed by atoms with Crippen LogP contribution in [0.25, 0.3) is 10.8 Å². The highest BCUT2D eigenvalue weighted by atomic mass is 19.1. The molecule has 47 heavy (non-hydrogen) atoms. The zero-order chi connectivity index (χ0) is 32.9. The topological polar surface area (TPSA) is 71.9 Å². The first-order chi connectivity index (χ1) is 22.7. The fraction of sp³-hybridized carbons (Fsp3) is 0.256. The van der Waals surface area contributed by atoms with Crippen LogP contribution < -0.4 is 0 Å². The smallest absolute Gasteiger partial charge is 0.332 e. The van der Waals surface area contributed by atoms with Gasteiger partial charge in [-0.2, -0.15) is 0 Å². The average molecular weight is 630 g/mol. The van der Waals surface area contributed by atoms with Crippen LogP contribution in [0.2, 0.25) is 0 Å². The van der Waals surface area contributed by atoms with Crippen molar-refractivity contribution in [1.82, 2.24) is 14.4 Å². The molecule has 2 heterocycles. The number of carbonyl (C=O) groups excluding carboxylic acids is 3. The van der Waals surface area contributed by atoms with Crippen molar-refractivity contribution in [3.8, 4) is 0 Å². The Bertz CT molecular complexity index is 2000. The van der Waals surface area contributed by atoms with Crippen LogP contribution in [0.4, 0.5) is 4.39 Å². The molecule has 4 aromatic carbocycles. The Labute approximate surface area is 273 Å². The number of halogens is 1. The van der Waals surface area contributed by atoms with Crippen LogP contribution in [0.5, 0.6) is 0 Å². The summed E-state index contributed by atoms with van der Waals surface area (Å²) < 4.78 is 21.7. The number of hydrogen-bond acceptors (Lipinski definition) is 4. The fourth-order valence-corrected chi connectivity index (χ4v) is 7.90. The van der Waals surface area contributed by atoms with Crippen LogP contribution in [0.3, 0.4) is 0 Å². The number of benzene rings is 4. The van der Waals surface area contributed by atoms with Gasteiger partial charge >= 0.3 is 5.97 Å². The second-order valence-electron chi connectivity index (χ2n) is 12.8. The number of hydrogen-bond donors (Lipinski definition) is 0. The summed E-state index contributed by atoms with van der Waals surface area (Å²) in [7, 11) is 4.80. The van der Waals surface area contributed by atoms with E-state index in [-0.39, 0.29) is 30.0 Å². The maximum Gasteiger partial charge on any atom is 0.332 e. The van der Waals surface area contributed by atoms with Crippen LogP contribution in [-0.4, -0.2) is 65.4 Å². The molecule has 0 unspecified atom stereocenters. The number of amides is 2.